The third-order valence-corrected chi connectivity index (χ3v) is 6.35. The number of hydrogen-bond acceptors (Lipinski definition) is 4. The topological polar surface area (TPSA) is 82.1 Å². The first-order chi connectivity index (χ1) is 15.4. The number of aryl methyl sites for hydroxylation is 2. The number of aromatic hydroxyl groups is 1. The summed E-state index contributed by atoms with van der Waals surface area (Å²) in [5, 5.41) is 18.3. The Hall–Kier alpha value is -3.45. The summed E-state index contributed by atoms with van der Waals surface area (Å²) in [5.41, 5.74) is 6.15. The number of fused-ring (bicyclic) bond motifs is 1. The van der Waals surface area contributed by atoms with Gasteiger partial charge in [-0.25, -0.2) is 0 Å². The van der Waals surface area contributed by atoms with Gasteiger partial charge in [0.05, 0.1) is 6.04 Å². The lowest BCUT2D eigenvalue weighted by atomic mass is 9.94. The maximum atomic E-state index is 13.5. The summed E-state index contributed by atoms with van der Waals surface area (Å²) in [5.74, 6) is 0.0528. The van der Waals surface area contributed by atoms with Gasteiger partial charge in [0.15, 0.2) is 0 Å². The van der Waals surface area contributed by atoms with Gasteiger partial charge >= 0.3 is 0 Å². The molecular weight excluding hydrogens is 468 g/mol. The van der Waals surface area contributed by atoms with Gasteiger partial charge in [0.2, 0.25) is 0 Å². The van der Waals surface area contributed by atoms with Gasteiger partial charge in [-0.15, -0.1) is 0 Å². The van der Waals surface area contributed by atoms with E-state index in [1.807, 2.05) is 67.3 Å². The van der Waals surface area contributed by atoms with E-state index >= 15 is 0 Å². The van der Waals surface area contributed by atoms with E-state index in [0.29, 0.717) is 23.5 Å². The van der Waals surface area contributed by atoms with Crippen LogP contribution in [0.4, 0.5) is 0 Å². The van der Waals surface area contributed by atoms with Crippen LogP contribution in [0.5, 0.6) is 5.75 Å². The second-order valence-corrected chi connectivity index (χ2v) is 9.00. The minimum absolute atomic E-state index is 0.126. The summed E-state index contributed by atoms with van der Waals surface area (Å²) in [6, 6.07) is 15.3. The summed E-state index contributed by atoms with van der Waals surface area (Å²) < 4.78 is 0.962. The Balaban J connectivity index is 1.69. The molecule has 0 fully saturated rings. The van der Waals surface area contributed by atoms with Crippen molar-refractivity contribution in [3.05, 3.63) is 98.9 Å². The average molecular weight is 489 g/mol. The number of aromatic amines is 1. The quantitative estimate of drug-likeness (QED) is 0.408. The van der Waals surface area contributed by atoms with Crippen molar-refractivity contribution in [1.82, 2.24) is 20.1 Å². The van der Waals surface area contributed by atoms with Crippen LogP contribution < -0.4 is 0 Å². The minimum atomic E-state index is -0.347. The fourth-order valence-corrected chi connectivity index (χ4v) is 4.65. The standard InChI is InChI=1S/C25H21BrN4O2/c1-14-10-15(2)24(31)19(11-14)21-20-22(29-28-21)25(32)30(13-16-4-3-9-27-12-16)23(20)17-5-7-18(26)8-6-17/h3-12,23,31H,13H2,1-2H3,(H,28,29)/t23-/m1/s1. The number of pyridine rings is 1. The number of hydrogen-bond donors (Lipinski definition) is 2. The predicted octanol–water partition coefficient (Wildman–Crippen LogP) is 5.30. The summed E-state index contributed by atoms with van der Waals surface area (Å²) in [6.45, 7) is 4.26. The molecule has 0 spiro atoms. The van der Waals surface area contributed by atoms with E-state index in [9.17, 15) is 9.90 Å². The SMILES string of the molecule is Cc1cc(C)c(O)c(-c2n[nH]c3c2[C@@H](c2ccc(Br)cc2)N(Cc2cccnc2)C3=O)c1. The lowest BCUT2D eigenvalue weighted by molar-refractivity contribution is 0.0730. The van der Waals surface area contributed by atoms with Crippen LogP contribution in [0.1, 0.15) is 44.3 Å². The summed E-state index contributed by atoms with van der Waals surface area (Å²) in [7, 11) is 0. The van der Waals surface area contributed by atoms with Crippen molar-refractivity contribution in [2.45, 2.75) is 26.4 Å². The lowest BCUT2D eigenvalue weighted by Gasteiger charge is -2.26. The third-order valence-electron chi connectivity index (χ3n) is 5.83. The molecule has 2 aromatic carbocycles. The Kier molecular flexibility index (Phi) is 5.06. The van der Waals surface area contributed by atoms with Gasteiger partial charge in [-0.2, -0.15) is 5.10 Å². The highest BCUT2D eigenvalue weighted by Crippen LogP contribution is 2.45. The maximum Gasteiger partial charge on any atom is 0.273 e. The number of nitrogens with one attached hydrogen (secondary N) is 1. The molecule has 0 saturated carbocycles. The number of aromatic nitrogens is 3. The molecule has 4 aromatic rings. The van der Waals surface area contributed by atoms with Crippen LogP contribution in [0, 0.1) is 13.8 Å². The molecule has 1 aliphatic rings. The molecule has 0 radical (unpaired) electrons. The Morgan fingerprint density at radius 2 is 1.94 bits per heavy atom. The molecule has 0 unspecified atom stereocenters. The molecule has 32 heavy (non-hydrogen) atoms. The zero-order chi connectivity index (χ0) is 22.4. The molecule has 3 heterocycles. The van der Waals surface area contributed by atoms with Crippen LogP contribution in [0.2, 0.25) is 0 Å². The highest BCUT2D eigenvalue weighted by molar-refractivity contribution is 9.10. The van der Waals surface area contributed by atoms with Crippen molar-refractivity contribution in [2.24, 2.45) is 0 Å². The van der Waals surface area contributed by atoms with E-state index in [0.717, 1.165) is 32.3 Å². The molecular formula is C25H21BrN4O2. The van der Waals surface area contributed by atoms with Gasteiger partial charge in [-0.05, 0) is 60.4 Å². The van der Waals surface area contributed by atoms with Crippen molar-refractivity contribution in [2.75, 3.05) is 0 Å². The molecule has 2 aromatic heterocycles. The van der Waals surface area contributed by atoms with E-state index in [4.69, 9.17) is 0 Å². The molecule has 0 saturated heterocycles. The molecule has 1 aliphatic heterocycles. The number of halogens is 1. The molecule has 0 aliphatic carbocycles. The monoisotopic (exact) mass is 488 g/mol. The molecule has 160 valence electrons. The number of benzene rings is 2. The summed E-state index contributed by atoms with van der Waals surface area (Å²) in [6.07, 6.45) is 3.49. The van der Waals surface area contributed by atoms with Gasteiger partial charge in [0.25, 0.3) is 5.91 Å². The van der Waals surface area contributed by atoms with E-state index in [-0.39, 0.29) is 17.7 Å². The second-order valence-electron chi connectivity index (χ2n) is 8.09. The number of carbonyl (C=O) groups excluding carboxylic acids is 1. The number of rotatable bonds is 4. The number of nitrogens with zero attached hydrogens (tertiary/aromatic N) is 3. The molecule has 2 N–H and O–H groups in total. The number of phenolic OH excluding ortho intramolecular Hbond substituents is 1. The second kappa shape index (κ2) is 7.91. The Morgan fingerprint density at radius 3 is 2.66 bits per heavy atom. The van der Waals surface area contributed by atoms with Gasteiger partial charge in [-0.1, -0.05) is 40.2 Å². The number of phenols is 1. The first kappa shape index (κ1) is 20.5. The van der Waals surface area contributed by atoms with Crippen LogP contribution >= 0.6 is 15.9 Å². The van der Waals surface area contributed by atoms with Gasteiger partial charge < -0.3 is 10.0 Å². The molecule has 1 amide bonds. The number of amides is 1. The zero-order valence-corrected chi connectivity index (χ0v) is 19.2. The number of H-pyrrole nitrogens is 1. The third kappa shape index (κ3) is 3.39. The van der Waals surface area contributed by atoms with Crippen LogP contribution in [0.25, 0.3) is 11.3 Å². The average Bonchev–Trinajstić information content (AvgIpc) is 3.32. The van der Waals surface area contributed by atoms with E-state index < -0.39 is 0 Å². The molecule has 7 heteroatoms. The van der Waals surface area contributed by atoms with Crippen molar-refractivity contribution < 1.29 is 9.90 Å². The fourth-order valence-electron chi connectivity index (χ4n) is 4.39. The molecule has 6 nitrogen and oxygen atoms in total. The first-order valence-corrected chi connectivity index (χ1v) is 11.1. The molecule has 1 atom stereocenters. The maximum absolute atomic E-state index is 13.5. The van der Waals surface area contributed by atoms with Crippen LogP contribution in [-0.2, 0) is 6.54 Å². The Bertz CT molecular complexity index is 1320. The summed E-state index contributed by atoms with van der Waals surface area (Å²) in [4.78, 5) is 19.5. The molecule has 0 bridgehead atoms. The van der Waals surface area contributed by atoms with Gasteiger partial charge in [-0.3, -0.25) is 14.9 Å². The highest BCUT2D eigenvalue weighted by Gasteiger charge is 2.42. The van der Waals surface area contributed by atoms with Crippen molar-refractivity contribution in [3.63, 3.8) is 0 Å². The van der Waals surface area contributed by atoms with Gasteiger partial charge in [0.1, 0.15) is 17.1 Å². The van der Waals surface area contributed by atoms with Gasteiger partial charge in [0, 0.05) is 34.5 Å². The smallest absolute Gasteiger partial charge is 0.273 e. The molecule has 5 rings (SSSR count). The highest BCUT2D eigenvalue weighted by atomic mass is 79.9. The van der Waals surface area contributed by atoms with E-state index in [2.05, 4.69) is 31.1 Å². The predicted molar refractivity (Wildman–Crippen MR) is 125 cm³/mol. The van der Waals surface area contributed by atoms with Crippen molar-refractivity contribution in [1.29, 1.82) is 0 Å². The number of carbonyl (C=O) groups is 1. The normalized spacial score (nSPS) is 15.3. The minimum Gasteiger partial charge on any atom is -0.507 e. The van der Waals surface area contributed by atoms with Crippen molar-refractivity contribution in [3.8, 4) is 17.0 Å². The largest absolute Gasteiger partial charge is 0.507 e. The Morgan fingerprint density at radius 1 is 1.16 bits per heavy atom. The summed E-state index contributed by atoms with van der Waals surface area (Å²) >= 11 is 3.50. The van der Waals surface area contributed by atoms with Crippen LogP contribution in [-0.4, -0.2) is 31.1 Å². The van der Waals surface area contributed by atoms with Crippen LogP contribution in [0.3, 0.4) is 0 Å². The fraction of sp³-hybridized carbons (Fsp3) is 0.160. The van der Waals surface area contributed by atoms with E-state index in [1.165, 1.54) is 0 Å². The van der Waals surface area contributed by atoms with E-state index in [1.54, 1.807) is 12.4 Å². The van der Waals surface area contributed by atoms with Crippen LogP contribution in [0.15, 0.2) is 65.4 Å². The lowest BCUT2D eigenvalue weighted by Crippen LogP contribution is -2.29. The zero-order valence-electron chi connectivity index (χ0n) is 17.6. The first-order valence-electron chi connectivity index (χ1n) is 10.3. The Labute approximate surface area is 194 Å². The van der Waals surface area contributed by atoms with Crippen molar-refractivity contribution >= 4 is 21.8 Å².